The lowest BCUT2D eigenvalue weighted by Crippen LogP contribution is -1.92. The molecule has 0 nitrogen and oxygen atoms in total. The van der Waals surface area contributed by atoms with Crippen LogP contribution in [-0.4, -0.2) is 0 Å². The molecule has 1 aromatic heterocycles. The van der Waals surface area contributed by atoms with Gasteiger partial charge in [-0.05, 0) is 35.4 Å². The molecule has 0 saturated heterocycles. The van der Waals surface area contributed by atoms with Crippen LogP contribution >= 0.6 is 11.3 Å². The fourth-order valence-corrected chi connectivity index (χ4v) is 2.31. The van der Waals surface area contributed by atoms with Crippen LogP contribution in [0.15, 0.2) is 24.3 Å². The Kier molecular flexibility index (Phi) is 2.36. The van der Waals surface area contributed by atoms with E-state index < -0.39 is 0 Å². The number of fused-ring (bicyclic) bond motifs is 1. The molecule has 0 fully saturated rings. The van der Waals surface area contributed by atoms with Gasteiger partial charge in [-0.25, -0.2) is 0 Å². The molecular formula is C12H13S. The highest BCUT2D eigenvalue weighted by Crippen LogP contribution is 2.22. The van der Waals surface area contributed by atoms with Crippen molar-refractivity contribution in [1.82, 2.24) is 0 Å². The molecule has 13 heavy (non-hydrogen) atoms. The third-order valence-corrected chi connectivity index (χ3v) is 2.91. The van der Waals surface area contributed by atoms with Crippen LogP contribution in [0.1, 0.15) is 19.4 Å². The van der Waals surface area contributed by atoms with E-state index in [1.54, 1.807) is 11.3 Å². The molecule has 1 heterocycles. The maximum Gasteiger partial charge on any atom is 0.0455 e. The minimum Gasteiger partial charge on any atom is -0.134 e. The quantitative estimate of drug-likeness (QED) is 0.672. The van der Waals surface area contributed by atoms with Crippen molar-refractivity contribution in [3.8, 4) is 0 Å². The minimum absolute atomic E-state index is 0.737. The number of rotatable bonds is 2. The lowest BCUT2D eigenvalue weighted by atomic mass is 10.0. The molecule has 0 atom stereocenters. The second-order valence-corrected chi connectivity index (χ2v) is 4.71. The fourth-order valence-electron chi connectivity index (χ4n) is 1.54. The average molecular weight is 189 g/mol. The van der Waals surface area contributed by atoms with Crippen LogP contribution in [0.5, 0.6) is 0 Å². The van der Waals surface area contributed by atoms with Crippen LogP contribution < -0.4 is 0 Å². The molecule has 0 amide bonds. The predicted molar refractivity (Wildman–Crippen MR) is 59.2 cm³/mol. The van der Waals surface area contributed by atoms with Gasteiger partial charge in [0.25, 0.3) is 0 Å². The average Bonchev–Trinajstić information content (AvgIpc) is 2.49. The van der Waals surface area contributed by atoms with E-state index in [-0.39, 0.29) is 0 Å². The summed E-state index contributed by atoms with van der Waals surface area (Å²) in [6, 6.07) is 8.76. The van der Waals surface area contributed by atoms with E-state index in [9.17, 15) is 0 Å². The Bertz CT molecular complexity index is 398. The Morgan fingerprint density at radius 1 is 1.38 bits per heavy atom. The van der Waals surface area contributed by atoms with E-state index >= 15 is 0 Å². The molecule has 67 valence electrons. The van der Waals surface area contributed by atoms with Crippen LogP contribution in [0.2, 0.25) is 0 Å². The van der Waals surface area contributed by atoms with Gasteiger partial charge in [-0.3, -0.25) is 0 Å². The highest BCUT2D eigenvalue weighted by atomic mass is 32.1. The summed E-state index contributed by atoms with van der Waals surface area (Å²) in [4.78, 5) is 0. The van der Waals surface area contributed by atoms with Gasteiger partial charge in [0.2, 0.25) is 0 Å². The first-order valence-electron chi connectivity index (χ1n) is 4.64. The normalized spacial score (nSPS) is 11.3. The molecule has 0 bridgehead atoms. The van der Waals surface area contributed by atoms with Crippen LogP contribution in [0.25, 0.3) is 10.1 Å². The summed E-state index contributed by atoms with van der Waals surface area (Å²) < 4.78 is 1.36. The zero-order chi connectivity index (χ0) is 9.26. The lowest BCUT2D eigenvalue weighted by molar-refractivity contribution is 0.648. The molecule has 0 aliphatic heterocycles. The summed E-state index contributed by atoms with van der Waals surface area (Å²) in [6.45, 7) is 4.51. The number of thiophene rings is 1. The van der Waals surface area contributed by atoms with E-state index in [0.717, 1.165) is 5.92 Å². The topological polar surface area (TPSA) is 0 Å². The summed E-state index contributed by atoms with van der Waals surface area (Å²) in [7, 11) is 0. The van der Waals surface area contributed by atoms with E-state index in [1.807, 2.05) is 0 Å². The molecule has 2 rings (SSSR count). The Morgan fingerprint density at radius 2 is 2.23 bits per heavy atom. The number of hydrogen-bond donors (Lipinski definition) is 0. The van der Waals surface area contributed by atoms with E-state index in [1.165, 1.54) is 22.1 Å². The third-order valence-electron chi connectivity index (χ3n) is 2.11. The zero-order valence-corrected chi connectivity index (χ0v) is 8.82. The third kappa shape index (κ3) is 1.92. The second kappa shape index (κ2) is 3.51. The van der Waals surface area contributed by atoms with Crippen molar-refractivity contribution in [2.45, 2.75) is 20.3 Å². The zero-order valence-electron chi connectivity index (χ0n) is 8.00. The Labute approximate surface area is 83.2 Å². The number of hydrogen-bond acceptors (Lipinski definition) is 1. The molecule has 0 unspecified atom stereocenters. The second-order valence-electron chi connectivity index (χ2n) is 3.83. The van der Waals surface area contributed by atoms with Gasteiger partial charge in [-0.2, -0.15) is 0 Å². The largest absolute Gasteiger partial charge is 0.134 e. The van der Waals surface area contributed by atoms with E-state index in [4.69, 9.17) is 0 Å². The molecule has 0 N–H and O–H groups in total. The Hall–Kier alpha value is -0.820. The SMILES string of the molecule is CC(C)Cc1ccc2c[c]sc2c1. The first-order valence-corrected chi connectivity index (χ1v) is 5.46. The minimum atomic E-state index is 0.737. The van der Waals surface area contributed by atoms with Gasteiger partial charge in [-0.1, -0.05) is 26.0 Å². The van der Waals surface area contributed by atoms with Gasteiger partial charge < -0.3 is 0 Å². The van der Waals surface area contributed by atoms with Gasteiger partial charge in [-0.15, -0.1) is 11.3 Å². The molecule has 2 aromatic rings. The summed E-state index contributed by atoms with van der Waals surface area (Å²) in [5.74, 6) is 0.737. The molecular weight excluding hydrogens is 176 g/mol. The maximum atomic E-state index is 3.16. The van der Waals surface area contributed by atoms with Crippen molar-refractivity contribution in [1.29, 1.82) is 0 Å². The molecule has 1 radical (unpaired) electrons. The van der Waals surface area contributed by atoms with Gasteiger partial charge >= 0.3 is 0 Å². The lowest BCUT2D eigenvalue weighted by Gasteiger charge is -2.04. The van der Waals surface area contributed by atoms with Gasteiger partial charge in [0.15, 0.2) is 0 Å². The molecule has 0 saturated carbocycles. The van der Waals surface area contributed by atoms with Crippen molar-refractivity contribution >= 4 is 21.4 Å². The maximum absolute atomic E-state index is 3.16. The van der Waals surface area contributed by atoms with Crippen LogP contribution in [0.4, 0.5) is 0 Å². The first kappa shape index (κ1) is 8.76. The highest BCUT2D eigenvalue weighted by Gasteiger charge is 2.00. The first-order chi connectivity index (χ1) is 6.25. The highest BCUT2D eigenvalue weighted by molar-refractivity contribution is 7.16. The van der Waals surface area contributed by atoms with Gasteiger partial charge in [0.1, 0.15) is 0 Å². The summed E-state index contributed by atoms with van der Waals surface area (Å²) >= 11 is 1.70. The predicted octanol–water partition coefficient (Wildman–Crippen LogP) is 3.90. The van der Waals surface area contributed by atoms with Crippen molar-refractivity contribution in [2.75, 3.05) is 0 Å². The summed E-state index contributed by atoms with van der Waals surface area (Å²) in [5.41, 5.74) is 1.44. The van der Waals surface area contributed by atoms with Gasteiger partial charge in [0.05, 0.1) is 0 Å². The van der Waals surface area contributed by atoms with Crippen LogP contribution in [0, 0.1) is 11.3 Å². The molecule has 0 spiro atoms. The Morgan fingerprint density at radius 3 is 3.00 bits per heavy atom. The molecule has 0 aliphatic carbocycles. The van der Waals surface area contributed by atoms with Gasteiger partial charge in [0, 0.05) is 10.1 Å². The molecule has 1 heteroatoms. The van der Waals surface area contributed by atoms with E-state index in [0.29, 0.717) is 0 Å². The molecule has 0 aliphatic rings. The van der Waals surface area contributed by atoms with E-state index in [2.05, 4.69) is 43.5 Å². The number of benzene rings is 1. The van der Waals surface area contributed by atoms with Crippen molar-refractivity contribution < 1.29 is 0 Å². The summed E-state index contributed by atoms with van der Waals surface area (Å²) in [5, 5.41) is 4.48. The fraction of sp³-hybridized carbons (Fsp3) is 0.333. The standard InChI is InChI=1S/C12H13S/c1-9(2)7-10-3-4-11-5-6-13-12(11)8-10/h3-5,8-9H,7H2,1-2H3. The van der Waals surface area contributed by atoms with Crippen molar-refractivity contribution in [2.24, 2.45) is 5.92 Å². The smallest absolute Gasteiger partial charge is 0.0455 e. The van der Waals surface area contributed by atoms with Crippen molar-refractivity contribution in [3.63, 3.8) is 0 Å². The van der Waals surface area contributed by atoms with Crippen LogP contribution in [0.3, 0.4) is 0 Å². The van der Waals surface area contributed by atoms with Crippen LogP contribution in [-0.2, 0) is 6.42 Å². The summed E-state index contributed by atoms with van der Waals surface area (Å²) in [6.07, 6.45) is 1.17. The monoisotopic (exact) mass is 189 g/mol. The van der Waals surface area contributed by atoms with Crippen molar-refractivity contribution in [3.05, 3.63) is 35.2 Å². The Balaban J connectivity index is 2.37. The molecule has 1 aromatic carbocycles.